The summed E-state index contributed by atoms with van der Waals surface area (Å²) in [5, 5.41) is 13.0. The van der Waals surface area contributed by atoms with E-state index in [9.17, 15) is 5.26 Å². The highest BCUT2D eigenvalue weighted by Gasteiger charge is 2.30. The van der Waals surface area contributed by atoms with Crippen LogP contribution in [0.4, 0.5) is 0 Å². The van der Waals surface area contributed by atoms with Crippen LogP contribution in [0.15, 0.2) is 52.9 Å². The minimum Gasteiger partial charge on any atom is -0.383 e. The van der Waals surface area contributed by atoms with E-state index < -0.39 is 0 Å². The Balaban J connectivity index is 1.81. The summed E-state index contributed by atoms with van der Waals surface area (Å²) in [6.45, 7) is 13.0. The van der Waals surface area contributed by atoms with Gasteiger partial charge >= 0.3 is 0 Å². The normalized spacial score (nSPS) is 18.6. The number of nitriles is 1. The number of piperidine rings is 1. The number of nitrogens with zero attached hydrogens (tertiary/aromatic N) is 4. The minimum atomic E-state index is 0.341. The SMILES string of the molecule is C=C1NC(Cc2ccccc2CN(C)CCOC)=NC(N2CCC(C)(C)CC2)=C1C#N. The van der Waals surface area contributed by atoms with E-state index in [1.807, 2.05) is 0 Å². The van der Waals surface area contributed by atoms with E-state index in [-0.39, 0.29) is 0 Å². The highest BCUT2D eigenvalue weighted by molar-refractivity contribution is 5.89. The molecule has 0 aliphatic carbocycles. The average Bonchev–Trinajstić information content (AvgIpc) is 2.73. The van der Waals surface area contributed by atoms with Gasteiger partial charge in [0.15, 0.2) is 5.82 Å². The molecular formula is C25H35N5O. The predicted octanol–water partition coefficient (Wildman–Crippen LogP) is 3.68. The number of hydrogen-bond donors (Lipinski definition) is 1. The molecule has 31 heavy (non-hydrogen) atoms. The summed E-state index contributed by atoms with van der Waals surface area (Å²) in [4.78, 5) is 9.42. The summed E-state index contributed by atoms with van der Waals surface area (Å²) in [6, 6.07) is 10.8. The molecule has 1 N–H and O–H groups in total. The molecule has 0 atom stereocenters. The molecule has 6 nitrogen and oxygen atoms in total. The van der Waals surface area contributed by atoms with Crippen LogP contribution in [-0.2, 0) is 17.7 Å². The molecule has 1 saturated heterocycles. The van der Waals surface area contributed by atoms with Crippen molar-refractivity contribution in [3.05, 3.63) is 59.1 Å². The maximum atomic E-state index is 9.73. The van der Waals surface area contributed by atoms with Gasteiger partial charge in [0, 0.05) is 39.7 Å². The smallest absolute Gasteiger partial charge is 0.150 e. The van der Waals surface area contributed by atoms with E-state index in [4.69, 9.17) is 9.73 Å². The second kappa shape index (κ2) is 10.1. The second-order valence-electron chi connectivity index (χ2n) is 9.30. The summed E-state index contributed by atoms with van der Waals surface area (Å²) < 4.78 is 5.20. The number of hydrogen-bond acceptors (Lipinski definition) is 6. The van der Waals surface area contributed by atoms with Crippen molar-refractivity contribution in [2.75, 3.05) is 40.4 Å². The lowest BCUT2D eigenvalue weighted by Crippen LogP contribution is -2.40. The number of aliphatic imine (C=N–C) groups is 1. The maximum Gasteiger partial charge on any atom is 0.150 e. The van der Waals surface area contributed by atoms with Crippen molar-refractivity contribution in [2.45, 2.75) is 39.7 Å². The van der Waals surface area contributed by atoms with Crippen molar-refractivity contribution in [1.82, 2.24) is 15.1 Å². The summed E-state index contributed by atoms with van der Waals surface area (Å²) in [5.41, 5.74) is 4.03. The molecule has 0 unspecified atom stereocenters. The van der Waals surface area contributed by atoms with Crippen LogP contribution < -0.4 is 5.32 Å². The van der Waals surface area contributed by atoms with Crippen LogP contribution in [0.3, 0.4) is 0 Å². The number of benzene rings is 1. The van der Waals surface area contributed by atoms with Crippen LogP contribution >= 0.6 is 0 Å². The first-order valence-corrected chi connectivity index (χ1v) is 11.0. The molecule has 6 heteroatoms. The number of methoxy groups -OCH3 is 1. The quantitative estimate of drug-likeness (QED) is 0.694. The fraction of sp³-hybridized carbons (Fsp3) is 0.520. The van der Waals surface area contributed by atoms with Crippen LogP contribution in [-0.4, -0.2) is 56.0 Å². The molecule has 0 saturated carbocycles. The van der Waals surface area contributed by atoms with E-state index in [0.29, 0.717) is 29.7 Å². The number of nitrogens with one attached hydrogen (secondary N) is 1. The lowest BCUT2D eigenvalue weighted by atomic mass is 9.82. The van der Waals surface area contributed by atoms with E-state index in [2.05, 4.69) is 72.9 Å². The van der Waals surface area contributed by atoms with E-state index in [1.165, 1.54) is 11.1 Å². The van der Waals surface area contributed by atoms with Gasteiger partial charge in [-0.2, -0.15) is 5.26 Å². The van der Waals surface area contributed by atoms with Gasteiger partial charge in [0.25, 0.3) is 0 Å². The predicted molar refractivity (Wildman–Crippen MR) is 125 cm³/mol. The van der Waals surface area contributed by atoms with Gasteiger partial charge in [-0.3, -0.25) is 4.90 Å². The Labute approximate surface area is 186 Å². The van der Waals surface area contributed by atoms with Crippen LogP contribution in [0.1, 0.15) is 37.8 Å². The zero-order valence-corrected chi connectivity index (χ0v) is 19.4. The lowest BCUT2D eigenvalue weighted by Gasteiger charge is -2.39. The van der Waals surface area contributed by atoms with Gasteiger partial charge in [0.1, 0.15) is 17.5 Å². The summed E-state index contributed by atoms with van der Waals surface area (Å²) in [5.74, 6) is 1.61. The molecule has 0 radical (unpaired) electrons. The Hall–Kier alpha value is -2.62. The maximum absolute atomic E-state index is 9.73. The molecule has 166 valence electrons. The van der Waals surface area contributed by atoms with Gasteiger partial charge in [0.05, 0.1) is 12.3 Å². The standard InChI is InChI=1S/C25H35N5O/c1-19-22(17-26)24(30-12-10-25(2,3)11-13-30)28-23(27-19)16-20-8-6-7-9-21(20)18-29(4)14-15-31-5/h6-9H,1,10-16,18H2,2-5H3,(H,27,28). The summed E-state index contributed by atoms with van der Waals surface area (Å²) in [6.07, 6.45) is 2.86. The molecule has 2 aliphatic heterocycles. The number of allylic oxidation sites excluding steroid dienone is 1. The number of ether oxygens (including phenoxy) is 1. The van der Waals surface area contributed by atoms with Crippen molar-refractivity contribution in [1.29, 1.82) is 5.26 Å². The van der Waals surface area contributed by atoms with Gasteiger partial charge < -0.3 is 15.0 Å². The number of amidine groups is 1. The van der Waals surface area contributed by atoms with E-state index in [1.54, 1.807) is 7.11 Å². The zero-order valence-electron chi connectivity index (χ0n) is 19.4. The van der Waals surface area contributed by atoms with Crippen molar-refractivity contribution >= 4 is 5.84 Å². The third-order valence-corrected chi connectivity index (χ3v) is 6.18. The minimum absolute atomic E-state index is 0.341. The summed E-state index contributed by atoms with van der Waals surface area (Å²) in [7, 11) is 3.83. The van der Waals surface area contributed by atoms with Crippen molar-refractivity contribution < 1.29 is 4.74 Å². The highest BCUT2D eigenvalue weighted by atomic mass is 16.5. The van der Waals surface area contributed by atoms with Gasteiger partial charge in [-0.25, -0.2) is 4.99 Å². The second-order valence-corrected chi connectivity index (χ2v) is 9.30. The van der Waals surface area contributed by atoms with E-state index in [0.717, 1.165) is 50.7 Å². The molecule has 0 bridgehead atoms. The third-order valence-electron chi connectivity index (χ3n) is 6.18. The van der Waals surface area contributed by atoms with Crippen LogP contribution in [0.2, 0.25) is 0 Å². The third kappa shape index (κ3) is 5.96. The van der Waals surface area contributed by atoms with Crippen molar-refractivity contribution in [2.24, 2.45) is 10.4 Å². The molecule has 2 aliphatic rings. The lowest BCUT2D eigenvalue weighted by molar-refractivity contribution is 0.158. The monoisotopic (exact) mass is 421 g/mol. The number of likely N-dealkylation sites (N-methyl/N-ethyl adjacent to an activating group) is 1. The van der Waals surface area contributed by atoms with E-state index >= 15 is 0 Å². The summed E-state index contributed by atoms with van der Waals surface area (Å²) >= 11 is 0. The fourth-order valence-electron chi connectivity index (χ4n) is 4.02. The average molecular weight is 422 g/mol. The fourth-order valence-corrected chi connectivity index (χ4v) is 4.02. The molecule has 1 fully saturated rings. The largest absolute Gasteiger partial charge is 0.383 e. The Kier molecular flexibility index (Phi) is 7.53. The van der Waals surface area contributed by atoms with Gasteiger partial charge in [0.2, 0.25) is 0 Å². The molecule has 3 rings (SSSR count). The molecule has 0 spiro atoms. The topological polar surface area (TPSA) is 63.9 Å². The Bertz CT molecular complexity index is 899. The highest BCUT2D eigenvalue weighted by Crippen LogP contribution is 2.33. The molecule has 2 heterocycles. The first-order chi connectivity index (χ1) is 14.8. The van der Waals surface area contributed by atoms with Crippen molar-refractivity contribution in [3.63, 3.8) is 0 Å². The molecule has 0 aromatic heterocycles. The van der Waals surface area contributed by atoms with Crippen LogP contribution in [0.25, 0.3) is 0 Å². The number of rotatable bonds is 8. The Morgan fingerprint density at radius 3 is 2.58 bits per heavy atom. The molecular weight excluding hydrogens is 386 g/mol. The Morgan fingerprint density at radius 2 is 1.94 bits per heavy atom. The van der Waals surface area contributed by atoms with Crippen molar-refractivity contribution in [3.8, 4) is 6.07 Å². The molecule has 1 aromatic carbocycles. The molecule has 0 amide bonds. The number of likely N-dealkylation sites (tertiary alicyclic amines) is 1. The Morgan fingerprint density at radius 1 is 1.26 bits per heavy atom. The first-order valence-electron chi connectivity index (χ1n) is 11.0. The van der Waals surface area contributed by atoms with Gasteiger partial charge in [-0.1, -0.05) is 44.7 Å². The van der Waals surface area contributed by atoms with Gasteiger partial charge in [-0.15, -0.1) is 0 Å². The van der Waals surface area contributed by atoms with Gasteiger partial charge in [-0.05, 0) is 36.4 Å². The zero-order chi connectivity index (χ0) is 22.4. The first kappa shape index (κ1) is 23.1. The van der Waals surface area contributed by atoms with Crippen LogP contribution in [0.5, 0.6) is 0 Å². The van der Waals surface area contributed by atoms with Crippen LogP contribution in [0, 0.1) is 16.7 Å². The molecule has 1 aromatic rings.